The van der Waals surface area contributed by atoms with Gasteiger partial charge in [-0.15, -0.1) is 0 Å². The van der Waals surface area contributed by atoms with Crippen molar-refractivity contribution in [2.45, 2.75) is 20.0 Å². The first-order valence-corrected chi connectivity index (χ1v) is 3.96. The standard InChI is InChI=1S/C9H11F2NO/c1-2-6-3-4-7(5-8(6)12)13-9(10)11/h3-5,9H,2,12H2,1H3. The predicted octanol–water partition coefficient (Wildman–Crippen LogP) is 2.43. The fraction of sp³-hybridized carbons (Fsp3) is 0.333. The monoisotopic (exact) mass is 187 g/mol. The minimum absolute atomic E-state index is 0.102. The minimum Gasteiger partial charge on any atom is -0.435 e. The normalized spacial score (nSPS) is 10.5. The maximum atomic E-state index is 11.8. The molecule has 0 saturated carbocycles. The number of aryl methyl sites for hydroxylation is 1. The number of anilines is 1. The van der Waals surface area contributed by atoms with Gasteiger partial charge >= 0.3 is 6.61 Å². The summed E-state index contributed by atoms with van der Waals surface area (Å²) < 4.78 is 27.7. The topological polar surface area (TPSA) is 35.2 Å². The Kier molecular flexibility index (Phi) is 3.06. The molecule has 0 unspecified atom stereocenters. The lowest BCUT2D eigenvalue weighted by molar-refractivity contribution is -0.0498. The van der Waals surface area contributed by atoms with Gasteiger partial charge in [0.1, 0.15) is 5.75 Å². The molecule has 0 amide bonds. The average Bonchev–Trinajstić information content (AvgIpc) is 2.03. The molecular weight excluding hydrogens is 176 g/mol. The fourth-order valence-electron chi connectivity index (χ4n) is 1.07. The zero-order valence-corrected chi connectivity index (χ0v) is 7.26. The van der Waals surface area contributed by atoms with Gasteiger partial charge in [0.15, 0.2) is 0 Å². The van der Waals surface area contributed by atoms with Gasteiger partial charge in [0, 0.05) is 11.8 Å². The maximum absolute atomic E-state index is 11.8. The molecule has 0 aromatic heterocycles. The summed E-state index contributed by atoms with van der Waals surface area (Å²) in [6, 6.07) is 4.58. The molecule has 0 aliphatic carbocycles. The van der Waals surface area contributed by atoms with E-state index < -0.39 is 6.61 Å². The highest BCUT2D eigenvalue weighted by molar-refractivity contribution is 5.51. The van der Waals surface area contributed by atoms with E-state index in [-0.39, 0.29) is 5.75 Å². The molecule has 0 spiro atoms. The van der Waals surface area contributed by atoms with Crippen molar-refractivity contribution in [3.05, 3.63) is 23.8 Å². The van der Waals surface area contributed by atoms with Crippen LogP contribution < -0.4 is 10.5 Å². The molecule has 2 nitrogen and oxygen atoms in total. The van der Waals surface area contributed by atoms with E-state index in [0.29, 0.717) is 5.69 Å². The Morgan fingerprint density at radius 2 is 2.15 bits per heavy atom. The van der Waals surface area contributed by atoms with Crippen LogP contribution in [0.4, 0.5) is 14.5 Å². The van der Waals surface area contributed by atoms with E-state index in [4.69, 9.17) is 5.73 Å². The lowest BCUT2D eigenvalue weighted by Gasteiger charge is -2.07. The quantitative estimate of drug-likeness (QED) is 0.737. The number of hydrogen-bond acceptors (Lipinski definition) is 2. The molecule has 0 aliphatic rings. The van der Waals surface area contributed by atoms with E-state index in [1.807, 2.05) is 6.92 Å². The number of nitrogen functional groups attached to an aromatic ring is 1. The predicted molar refractivity (Wildman–Crippen MR) is 46.9 cm³/mol. The van der Waals surface area contributed by atoms with E-state index in [2.05, 4.69) is 4.74 Å². The van der Waals surface area contributed by atoms with Crippen molar-refractivity contribution >= 4 is 5.69 Å². The van der Waals surface area contributed by atoms with E-state index in [1.165, 1.54) is 12.1 Å². The van der Waals surface area contributed by atoms with Crippen LogP contribution in [-0.4, -0.2) is 6.61 Å². The zero-order chi connectivity index (χ0) is 9.84. The Morgan fingerprint density at radius 3 is 2.62 bits per heavy atom. The summed E-state index contributed by atoms with van der Waals surface area (Å²) in [5, 5.41) is 0. The molecule has 72 valence electrons. The summed E-state index contributed by atoms with van der Waals surface area (Å²) in [6.07, 6.45) is 0.779. The van der Waals surface area contributed by atoms with Crippen molar-refractivity contribution in [1.29, 1.82) is 0 Å². The summed E-state index contributed by atoms with van der Waals surface area (Å²) >= 11 is 0. The van der Waals surface area contributed by atoms with Gasteiger partial charge in [-0.2, -0.15) is 8.78 Å². The molecule has 0 fully saturated rings. The van der Waals surface area contributed by atoms with Gasteiger partial charge < -0.3 is 10.5 Å². The van der Waals surface area contributed by atoms with E-state index >= 15 is 0 Å². The molecule has 1 aromatic rings. The molecule has 4 heteroatoms. The van der Waals surface area contributed by atoms with Gasteiger partial charge in [-0.1, -0.05) is 13.0 Å². The number of halogens is 2. The maximum Gasteiger partial charge on any atom is 0.387 e. The van der Waals surface area contributed by atoms with Crippen molar-refractivity contribution in [2.24, 2.45) is 0 Å². The summed E-state index contributed by atoms with van der Waals surface area (Å²) in [6.45, 7) is -0.855. The first-order chi connectivity index (χ1) is 6.13. The molecule has 0 atom stereocenters. The van der Waals surface area contributed by atoms with Gasteiger partial charge in [0.05, 0.1) is 0 Å². The third kappa shape index (κ3) is 2.57. The number of benzene rings is 1. The van der Waals surface area contributed by atoms with Crippen LogP contribution in [0.25, 0.3) is 0 Å². The zero-order valence-electron chi connectivity index (χ0n) is 7.26. The summed E-state index contributed by atoms with van der Waals surface area (Å²) in [4.78, 5) is 0. The van der Waals surface area contributed by atoms with Crippen LogP contribution in [0.3, 0.4) is 0 Å². The molecule has 1 rings (SSSR count). The summed E-state index contributed by atoms with van der Waals surface area (Å²) in [5.74, 6) is 0.102. The average molecular weight is 187 g/mol. The number of hydrogen-bond donors (Lipinski definition) is 1. The van der Waals surface area contributed by atoms with Crippen molar-refractivity contribution in [2.75, 3.05) is 5.73 Å². The summed E-state index contributed by atoms with van der Waals surface area (Å²) in [7, 11) is 0. The lowest BCUT2D eigenvalue weighted by Crippen LogP contribution is -2.03. The third-order valence-corrected chi connectivity index (χ3v) is 1.72. The second kappa shape index (κ2) is 4.07. The van der Waals surface area contributed by atoms with E-state index in [1.54, 1.807) is 6.07 Å². The van der Waals surface area contributed by atoms with Crippen LogP contribution >= 0.6 is 0 Å². The Hall–Kier alpha value is -1.32. The molecule has 0 radical (unpaired) electrons. The van der Waals surface area contributed by atoms with Crippen LogP contribution in [0, 0.1) is 0 Å². The molecule has 2 N–H and O–H groups in total. The van der Waals surface area contributed by atoms with Crippen molar-refractivity contribution in [3.8, 4) is 5.75 Å². The summed E-state index contributed by atoms with van der Waals surface area (Å²) in [5.41, 5.74) is 7.00. The Morgan fingerprint density at radius 1 is 1.46 bits per heavy atom. The number of nitrogens with two attached hydrogens (primary N) is 1. The first kappa shape index (κ1) is 9.77. The lowest BCUT2D eigenvalue weighted by atomic mass is 10.1. The minimum atomic E-state index is -2.80. The Labute approximate surface area is 75.3 Å². The molecule has 1 aromatic carbocycles. The smallest absolute Gasteiger partial charge is 0.387 e. The van der Waals surface area contributed by atoms with Gasteiger partial charge in [-0.05, 0) is 18.1 Å². The van der Waals surface area contributed by atoms with Gasteiger partial charge in [-0.3, -0.25) is 0 Å². The molecule has 13 heavy (non-hydrogen) atoms. The number of ether oxygens (including phenoxy) is 1. The van der Waals surface area contributed by atoms with Crippen LogP contribution in [0.5, 0.6) is 5.75 Å². The Bertz CT molecular complexity index is 289. The SMILES string of the molecule is CCc1ccc(OC(F)F)cc1N. The van der Waals surface area contributed by atoms with E-state index in [9.17, 15) is 8.78 Å². The highest BCUT2D eigenvalue weighted by atomic mass is 19.3. The van der Waals surface area contributed by atoms with Crippen LogP contribution in [0.2, 0.25) is 0 Å². The third-order valence-electron chi connectivity index (χ3n) is 1.72. The molecular formula is C9H11F2NO. The van der Waals surface area contributed by atoms with Gasteiger partial charge in [-0.25, -0.2) is 0 Å². The van der Waals surface area contributed by atoms with Crippen LogP contribution in [0.1, 0.15) is 12.5 Å². The molecule has 0 saturated heterocycles. The molecule has 0 bridgehead atoms. The largest absolute Gasteiger partial charge is 0.435 e. The van der Waals surface area contributed by atoms with Crippen molar-refractivity contribution < 1.29 is 13.5 Å². The van der Waals surface area contributed by atoms with Crippen molar-refractivity contribution in [3.63, 3.8) is 0 Å². The van der Waals surface area contributed by atoms with Crippen LogP contribution in [-0.2, 0) is 6.42 Å². The van der Waals surface area contributed by atoms with Gasteiger partial charge in [0.2, 0.25) is 0 Å². The second-order valence-corrected chi connectivity index (χ2v) is 2.59. The highest BCUT2D eigenvalue weighted by Crippen LogP contribution is 2.21. The number of rotatable bonds is 3. The first-order valence-electron chi connectivity index (χ1n) is 3.96. The molecule has 0 heterocycles. The fourth-order valence-corrected chi connectivity index (χ4v) is 1.07. The van der Waals surface area contributed by atoms with Gasteiger partial charge in [0.25, 0.3) is 0 Å². The Balaban J connectivity index is 2.83. The van der Waals surface area contributed by atoms with Crippen LogP contribution in [0.15, 0.2) is 18.2 Å². The van der Waals surface area contributed by atoms with E-state index in [0.717, 1.165) is 12.0 Å². The second-order valence-electron chi connectivity index (χ2n) is 2.59. The number of alkyl halides is 2. The molecule has 0 aliphatic heterocycles. The highest BCUT2D eigenvalue weighted by Gasteiger charge is 2.05. The van der Waals surface area contributed by atoms with Crippen molar-refractivity contribution in [1.82, 2.24) is 0 Å².